The molecule has 0 spiro atoms. The standard InChI is InChI=1S/C16H15BrClN/c17-15-7-6-14(9-16(15)18)19-10-11-4-5-12-2-1-3-13(12)8-11/h4-9,19H,1-3,10H2. The zero-order valence-electron chi connectivity index (χ0n) is 10.5. The quantitative estimate of drug-likeness (QED) is 0.812. The van der Waals surface area contributed by atoms with Crippen LogP contribution in [0.3, 0.4) is 0 Å². The van der Waals surface area contributed by atoms with Gasteiger partial charge in [-0.3, -0.25) is 0 Å². The third-order valence-corrected chi connectivity index (χ3v) is 4.81. The van der Waals surface area contributed by atoms with Crippen LogP contribution in [-0.2, 0) is 19.4 Å². The highest BCUT2D eigenvalue weighted by atomic mass is 79.9. The number of anilines is 1. The summed E-state index contributed by atoms with van der Waals surface area (Å²) in [7, 11) is 0. The largest absolute Gasteiger partial charge is 0.381 e. The van der Waals surface area contributed by atoms with Gasteiger partial charge in [-0.2, -0.15) is 0 Å². The van der Waals surface area contributed by atoms with Gasteiger partial charge in [0.2, 0.25) is 0 Å². The molecule has 2 aromatic rings. The van der Waals surface area contributed by atoms with Gasteiger partial charge in [-0.15, -0.1) is 0 Å². The first kappa shape index (κ1) is 13.0. The second kappa shape index (κ2) is 5.56. The fraction of sp³-hybridized carbons (Fsp3) is 0.250. The van der Waals surface area contributed by atoms with Crippen LogP contribution in [0.2, 0.25) is 5.02 Å². The Morgan fingerprint density at radius 1 is 1.05 bits per heavy atom. The average Bonchev–Trinajstić information content (AvgIpc) is 2.87. The molecular weight excluding hydrogens is 322 g/mol. The van der Waals surface area contributed by atoms with Crippen molar-refractivity contribution in [2.75, 3.05) is 5.32 Å². The van der Waals surface area contributed by atoms with Crippen molar-refractivity contribution in [1.29, 1.82) is 0 Å². The van der Waals surface area contributed by atoms with E-state index in [9.17, 15) is 0 Å². The van der Waals surface area contributed by atoms with Gasteiger partial charge in [-0.1, -0.05) is 29.8 Å². The van der Waals surface area contributed by atoms with E-state index in [1.165, 1.54) is 36.0 Å². The zero-order valence-corrected chi connectivity index (χ0v) is 12.9. The second-order valence-corrected chi connectivity index (χ2v) is 6.20. The fourth-order valence-electron chi connectivity index (χ4n) is 2.55. The summed E-state index contributed by atoms with van der Waals surface area (Å²) in [6.45, 7) is 0.839. The van der Waals surface area contributed by atoms with Gasteiger partial charge in [0.25, 0.3) is 0 Å². The van der Waals surface area contributed by atoms with Crippen LogP contribution in [0.25, 0.3) is 0 Å². The Morgan fingerprint density at radius 2 is 1.89 bits per heavy atom. The predicted molar refractivity (Wildman–Crippen MR) is 84.9 cm³/mol. The first-order valence-corrected chi connectivity index (χ1v) is 7.69. The van der Waals surface area contributed by atoms with E-state index in [0.717, 1.165) is 21.7 Å². The molecule has 0 radical (unpaired) electrons. The number of nitrogens with one attached hydrogen (secondary N) is 1. The van der Waals surface area contributed by atoms with E-state index in [4.69, 9.17) is 11.6 Å². The maximum Gasteiger partial charge on any atom is 0.0568 e. The van der Waals surface area contributed by atoms with E-state index < -0.39 is 0 Å². The molecule has 0 fully saturated rings. The van der Waals surface area contributed by atoms with E-state index in [0.29, 0.717) is 0 Å². The lowest BCUT2D eigenvalue weighted by atomic mass is 10.1. The number of fused-ring (bicyclic) bond motifs is 1. The summed E-state index contributed by atoms with van der Waals surface area (Å²) in [5.41, 5.74) is 5.43. The SMILES string of the molecule is Clc1cc(NCc2ccc3c(c2)CCC3)ccc1Br. The van der Waals surface area contributed by atoms with Crippen LogP contribution in [0.4, 0.5) is 5.69 Å². The minimum atomic E-state index is 0.735. The summed E-state index contributed by atoms with van der Waals surface area (Å²) in [6, 6.07) is 12.8. The highest BCUT2D eigenvalue weighted by Gasteiger charge is 2.10. The average molecular weight is 337 g/mol. The van der Waals surface area contributed by atoms with Crippen LogP contribution in [0.1, 0.15) is 23.1 Å². The molecular formula is C16H15BrClN. The third-order valence-electron chi connectivity index (χ3n) is 3.58. The Labute approximate surface area is 127 Å². The van der Waals surface area contributed by atoms with E-state index >= 15 is 0 Å². The van der Waals surface area contributed by atoms with Crippen molar-refractivity contribution in [3.05, 3.63) is 62.6 Å². The fourth-order valence-corrected chi connectivity index (χ4v) is 2.97. The maximum atomic E-state index is 6.09. The van der Waals surface area contributed by atoms with Crippen molar-refractivity contribution in [3.63, 3.8) is 0 Å². The Balaban J connectivity index is 1.70. The molecule has 0 saturated heterocycles. The summed E-state index contributed by atoms with van der Waals surface area (Å²) in [4.78, 5) is 0. The Morgan fingerprint density at radius 3 is 2.74 bits per heavy atom. The molecule has 0 amide bonds. The summed E-state index contributed by atoms with van der Waals surface area (Å²) >= 11 is 9.48. The molecule has 1 nitrogen and oxygen atoms in total. The van der Waals surface area contributed by atoms with Crippen LogP contribution in [0.5, 0.6) is 0 Å². The molecule has 3 rings (SSSR count). The van der Waals surface area contributed by atoms with Crippen LogP contribution in [0, 0.1) is 0 Å². The number of hydrogen-bond acceptors (Lipinski definition) is 1. The Kier molecular flexibility index (Phi) is 3.81. The first-order valence-electron chi connectivity index (χ1n) is 6.52. The van der Waals surface area contributed by atoms with Crippen molar-refractivity contribution in [2.45, 2.75) is 25.8 Å². The molecule has 0 atom stereocenters. The van der Waals surface area contributed by atoms with Crippen molar-refractivity contribution in [1.82, 2.24) is 0 Å². The molecule has 1 aliphatic carbocycles. The Hall–Kier alpha value is -0.990. The monoisotopic (exact) mass is 335 g/mol. The van der Waals surface area contributed by atoms with E-state index in [-0.39, 0.29) is 0 Å². The molecule has 1 N–H and O–H groups in total. The lowest BCUT2D eigenvalue weighted by Crippen LogP contribution is -2.00. The van der Waals surface area contributed by atoms with Crippen molar-refractivity contribution < 1.29 is 0 Å². The van der Waals surface area contributed by atoms with Crippen LogP contribution in [0.15, 0.2) is 40.9 Å². The molecule has 0 heterocycles. The molecule has 0 unspecified atom stereocenters. The number of aryl methyl sites for hydroxylation is 2. The van der Waals surface area contributed by atoms with Crippen molar-refractivity contribution in [2.24, 2.45) is 0 Å². The van der Waals surface area contributed by atoms with Gasteiger partial charge < -0.3 is 5.32 Å². The molecule has 0 aliphatic heterocycles. The molecule has 3 heteroatoms. The molecule has 0 aromatic heterocycles. The molecule has 1 aliphatic rings. The van der Waals surface area contributed by atoms with Gasteiger partial charge in [0.1, 0.15) is 0 Å². The topological polar surface area (TPSA) is 12.0 Å². The van der Waals surface area contributed by atoms with Crippen LogP contribution < -0.4 is 5.32 Å². The lowest BCUT2D eigenvalue weighted by Gasteiger charge is -2.09. The number of halogens is 2. The number of hydrogen-bond donors (Lipinski definition) is 1. The van der Waals surface area contributed by atoms with Crippen LogP contribution >= 0.6 is 27.5 Å². The van der Waals surface area contributed by atoms with Gasteiger partial charge in [0.05, 0.1) is 5.02 Å². The summed E-state index contributed by atoms with van der Waals surface area (Å²) < 4.78 is 0.928. The van der Waals surface area contributed by atoms with E-state index in [1.807, 2.05) is 18.2 Å². The number of rotatable bonds is 3. The summed E-state index contributed by atoms with van der Waals surface area (Å²) in [5.74, 6) is 0. The summed E-state index contributed by atoms with van der Waals surface area (Å²) in [5, 5.41) is 4.15. The molecule has 19 heavy (non-hydrogen) atoms. The summed E-state index contributed by atoms with van der Waals surface area (Å²) in [6.07, 6.45) is 3.77. The van der Waals surface area contributed by atoms with E-state index in [2.05, 4.69) is 39.4 Å². The normalized spacial score (nSPS) is 13.4. The minimum Gasteiger partial charge on any atom is -0.381 e. The highest BCUT2D eigenvalue weighted by molar-refractivity contribution is 9.10. The highest BCUT2D eigenvalue weighted by Crippen LogP contribution is 2.26. The predicted octanol–water partition coefficient (Wildman–Crippen LogP) is 5.20. The molecule has 98 valence electrons. The van der Waals surface area contributed by atoms with Gasteiger partial charge >= 0.3 is 0 Å². The second-order valence-electron chi connectivity index (χ2n) is 4.94. The minimum absolute atomic E-state index is 0.735. The molecule has 2 aromatic carbocycles. The maximum absolute atomic E-state index is 6.09. The zero-order chi connectivity index (χ0) is 13.2. The van der Waals surface area contributed by atoms with Crippen molar-refractivity contribution in [3.8, 4) is 0 Å². The third kappa shape index (κ3) is 2.96. The molecule has 0 bridgehead atoms. The van der Waals surface area contributed by atoms with Gasteiger partial charge in [0, 0.05) is 16.7 Å². The number of benzene rings is 2. The Bertz CT molecular complexity index is 610. The van der Waals surface area contributed by atoms with Gasteiger partial charge in [-0.25, -0.2) is 0 Å². The van der Waals surface area contributed by atoms with Crippen LogP contribution in [-0.4, -0.2) is 0 Å². The first-order chi connectivity index (χ1) is 9.22. The van der Waals surface area contributed by atoms with Gasteiger partial charge in [0.15, 0.2) is 0 Å². The van der Waals surface area contributed by atoms with E-state index in [1.54, 1.807) is 0 Å². The smallest absolute Gasteiger partial charge is 0.0568 e. The van der Waals surface area contributed by atoms with Gasteiger partial charge in [-0.05, 0) is 70.1 Å². The molecule has 0 saturated carbocycles. The van der Waals surface area contributed by atoms with Crippen molar-refractivity contribution >= 4 is 33.2 Å². The lowest BCUT2D eigenvalue weighted by molar-refractivity contribution is 0.911.